The summed E-state index contributed by atoms with van der Waals surface area (Å²) in [6.45, 7) is 0. The molecule has 0 radical (unpaired) electrons. The van der Waals surface area contributed by atoms with Crippen LogP contribution in [0.25, 0.3) is 0 Å². The lowest BCUT2D eigenvalue weighted by Gasteiger charge is -2.12. The molecule has 5 nitrogen and oxygen atoms in total. The van der Waals surface area contributed by atoms with Crippen LogP contribution in [-0.4, -0.2) is 15.5 Å². The Kier molecular flexibility index (Phi) is 4.06. The van der Waals surface area contributed by atoms with Crippen molar-refractivity contribution in [3.63, 3.8) is 0 Å². The van der Waals surface area contributed by atoms with Crippen molar-refractivity contribution in [1.29, 1.82) is 0 Å². The van der Waals surface area contributed by atoms with Gasteiger partial charge >= 0.3 is 0 Å². The summed E-state index contributed by atoms with van der Waals surface area (Å²) in [5.41, 5.74) is 6.14. The second-order valence-electron chi connectivity index (χ2n) is 3.99. The minimum Gasteiger partial charge on any atom is -0.497 e. The molecule has 0 bridgehead atoms. The van der Waals surface area contributed by atoms with Crippen LogP contribution in [0.3, 0.4) is 0 Å². The van der Waals surface area contributed by atoms with Crippen molar-refractivity contribution in [3.8, 4) is 5.75 Å². The Morgan fingerprint density at radius 3 is 2.50 bits per heavy atom. The van der Waals surface area contributed by atoms with Gasteiger partial charge in [-0.05, 0) is 24.3 Å². The van der Waals surface area contributed by atoms with Gasteiger partial charge in [-0.1, -0.05) is 23.7 Å². The minimum absolute atomic E-state index is 0.0294. The summed E-state index contributed by atoms with van der Waals surface area (Å²) in [4.78, 5) is -0.0294. The lowest BCUT2D eigenvalue weighted by molar-refractivity contribution is 0.414. The van der Waals surface area contributed by atoms with Crippen LogP contribution in [0.5, 0.6) is 5.75 Å². The van der Waals surface area contributed by atoms with Gasteiger partial charge in [0, 0.05) is 6.07 Å². The first kappa shape index (κ1) is 14.5. The van der Waals surface area contributed by atoms with E-state index in [0.717, 1.165) is 0 Å². The van der Waals surface area contributed by atoms with Crippen LogP contribution < -0.4 is 15.2 Å². The first-order valence-electron chi connectivity index (χ1n) is 5.65. The van der Waals surface area contributed by atoms with Gasteiger partial charge in [-0.2, -0.15) is 0 Å². The summed E-state index contributed by atoms with van der Waals surface area (Å²) in [5, 5.41) is 0.308. The van der Waals surface area contributed by atoms with Gasteiger partial charge in [0.05, 0.1) is 23.5 Å². The lowest BCUT2D eigenvalue weighted by atomic mass is 10.3. The molecule has 0 aliphatic carbocycles. The van der Waals surface area contributed by atoms with Crippen molar-refractivity contribution < 1.29 is 13.2 Å². The summed E-state index contributed by atoms with van der Waals surface area (Å²) >= 11 is 5.93. The predicted octanol–water partition coefficient (Wildman–Crippen LogP) is 2.73. The van der Waals surface area contributed by atoms with Crippen LogP contribution in [0.15, 0.2) is 47.4 Å². The van der Waals surface area contributed by atoms with Crippen molar-refractivity contribution in [2.24, 2.45) is 0 Å². The highest BCUT2D eigenvalue weighted by atomic mass is 35.5. The number of hydrogen-bond acceptors (Lipinski definition) is 4. The van der Waals surface area contributed by atoms with Crippen LogP contribution in [0.4, 0.5) is 11.4 Å². The molecule has 3 N–H and O–H groups in total. The zero-order valence-electron chi connectivity index (χ0n) is 10.6. The average molecular weight is 313 g/mol. The average Bonchev–Trinajstić information content (AvgIpc) is 2.40. The minimum atomic E-state index is -3.81. The van der Waals surface area contributed by atoms with Crippen molar-refractivity contribution in [2.45, 2.75) is 4.90 Å². The number of nitrogen functional groups attached to an aromatic ring is 1. The van der Waals surface area contributed by atoms with E-state index < -0.39 is 10.0 Å². The molecule has 0 spiro atoms. The molecule has 106 valence electrons. The topological polar surface area (TPSA) is 81.4 Å². The molecular formula is C13H13ClN2O3S. The van der Waals surface area contributed by atoms with Crippen molar-refractivity contribution in [1.82, 2.24) is 0 Å². The first-order valence-corrected chi connectivity index (χ1v) is 7.51. The molecule has 0 saturated heterocycles. The van der Waals surface area contributed by atoms with E-state index in [0.29, 0.717) is 16.5 Å². The number of ether oxygens (including phenoxy) is 1. The molecule has 0 amide bonds. The van der Waals surface area contributed by atoms with Gasteiger partial charge < -0.3 is 10.5 Å². The highest BCUT2D eigenvalue weighted by Crippen LogP contribution is 2.28. The van der Waals surface area contributed by atoms with Gasteiger partial charge in [0.25, 0.3) is 10.0 Å². The largest absolute Gasteiger partial charge is 0.497 e. The van der Waals surface area contributed by atoms with E-state index in [2.05, 4.69) is 4.72 Å². The zero-order chi connectivity index (χ0) is 14.8. The molecule has 20 heavy (non-hydrogen) atoms. The van der Waals surface area contributed by atoms with Crippen LogP contribution in [0, 0.1) is 0 Å². The van der Waals surface area contributed by atoms with Gasteiger partial charge in [0.1, 0.15) is 10.6 Å². The molecule has 0 fully saturated rings. The van der Waals surface area contributed by atoms with E-state index in [-0.39, 0.29) is 10.6 Å². The van der Waals surface area contributed by atoms with Crippen LogP contribution >= 0.6 is 11.6 Å². The molecule has 0 saturated carbocycles. The fraction of sp³-hybridized carbons (Fsp3) is 0.0769. The molecule has 7 heteroatoms. The SMILES string of the molecule is COc1ccc(S(=O)(=O)Nc2ccccc2Cl)c(N)c1. The number of nitrogens with one attached hydrogen (secondary N) is 1. The lowest BCUT2D eigenvalue weighted by Crippen LogP contribution is -2.15. The van der Waals surface area contributed by atoms with Crippen molar-refractivity contribution >= 4 is 33.0 Å². The van der Waals surface area contributed by atoms with E-state index in [1.54, 1.807) is 24.3 Å². The van der Waals surface area contributed by atoms with Crippen molar-refractivity contribution in [2.75, 3.05) is 17.6 Å². The Bertz CT molecular complexity index is 732. The predicted molar refractivity (Wildman–Crippen MR) is 79.7 cm³/mol. The summed E-state index contributed by atoms with van der Waals surface area (Å²) in [7, 11) is -2.33. The third kappa shape index (κ3) is 2.97. The Labute approximate surface area is 122 Å². The second kappa shape index (κ2) is 5.60. The van der Waals surface area contributed by atoms with E-state index in [1.807, 2.05) is 0 Å². The highest BCUT2D eigenvalue weighted by molar-refractivity contribution is 7.92. The molecule has 2 aromatic carbocycles. The molecule has 0 aliphatic rings. The van der Waals surface area contributed by atoms with Gasteiger partial charge in [-0.25, -0.2) is 8.42 Å². The first-order chi connectivity index (χ1) is 9.44. The molecule has 0 unspecified atom stereocenters. The van der Waals surface area contributed by atoms with Crippen molar-refractivity contribution in [3.05, 3.63) is 47.5 Å². The maximum Gasteiger partial charge on any atom is 0.263 e. The number of benzene rings is 2. The smallest absolute Gasteiger partial charge is 0.263 e. The highest BCUT2D eigenvalue weighted by Gasteiger charge is 2.19. The van der Waals surface area contributed by atoms with Crippen LogP contribution in [0.2, 0.25) is 5.02 Å². The Balaban J connectivity index is 2.39. The molecular weight excluding hydrogens is 300 g/mol. The standard InChI is InChI=1S/C13H13ClN2O3S/c1-19-9-6-7-13(11(15)8-9)20(17,18)16-12-5-3-2-4-10(12)14/h2-8,16H,15H2,1H3. The van der Waals surface area contributed by atoms with Crippen LogP contribution in [-0.2, 0) is 10.0 Å². The molecule has 2 rings (SSSR count). The Morgan fingerprint density at radius 1 is 1.20 bits per heavy atom. The quantitative estimate of drug-likeness (QED) is 0.851. The normalized spacial score (nSPS) is 11.1. The number of methoxy groups -OCH3 is 1. The molecule has 0 aliphatic heterocycles. The van der Waals surface area contributed by atoms with E-state index >= 15 is 0 Å². The summed E-state index contributed by atoms with van der Waals surface area (Å²) in [6, 6.07) is 10.9. The Morgan fingerprint density at radius 2 is 1.90 bits per heavy atom. The number of anilines is 2. The van der Waals surface area contributed by atoms with Gasteiger partial charge in [0.15, 0.2) is 0 Å². The van der Waals surface area contributed by atoms with E-state index in [4.69, 9.17) is 22.1 Å². The number of rotatable bonds is 4. The molecule has 0 heterocycles. The zero-order valence-corrected chi connectivity index (χ0v) is 12.2. The summed E-state index contributed by atoms with van der Waals surface area (Å²) < 4.78 is 32.0. The van der Waals surface area contributed by atoms with Gasteiger partial charge in [0.2, 0.25) is 0 Å². The monoisotopic (exact) mass is 312 g/mol. The number of nitrogens with two attached hydrogens (primary N) is 1. The molecule has 0 atom stereocenters. The maximum atomic E-state index is 12.3. The van der Waals surface area contributed by atoms with E-state index in [9.17, 15) is 8.42 Å². The van der Waals surface area contributed by atoms with Gasteiger partial charge in [-0.15, -0.1) is 0 Å². The second-order valence-corrected chi connectivity index (χ2v) is 6.05. The molecule has 2 aromatic rings. The maximum absolute atomic E-state index is 12.3. The fourth-order valence-electron chi connectivity index (χ4n) is 1.64. The number of para-hydroxylation sites is 1. The number of hydrogen-bond donors (Lipinski definition) is 2. The Hall–Kier alpha value is -1.92. The number of sulfonamides is 1. The summed E-state index contributed by atoms with van der Waals surface area (Å²) in [6.07, 6.45) is 0. The summed E-state index contributed by atoms with van der Waals surface area (Å²) in [5.74, 6) is 0.485. The third-order valence-electron chi connectivity index (χ3n) is 2.62. The van der Waals surface area contributed by atoms with Crippen LogP contribution in [0.1, 0.15) is 0 Å². The molecule has 0 aromatic heterocycles. The fourth-order valence-corrected chi connectivity index (χ4v) is 3.07. The van der Waals surface area contributed by atoms with E-state index in [1.165, 1.54) is 25.3 Å². The third-order valence-corrected chi connectivity index (χ3v) is 4.39. The van der Waals surface area contributed by atoms with Gasteiger partial charge in [-0.3, -0.25) is 4.72 Å². The number of halogens is 1.